The first-order valence-corrected chi connectivity index (χ1v) is 9.61. The molecule has 138 valence electrons. The Morgan fingerprint density at radius 2 is 1.85 bits per heavy atom. The number of carbonyl (C=O) groups is 1. The van der Waals surface area contributed by atoms with Gasteiger partial charge in [0.15, 0.2) is 0 Å². The van der Waals surface area contributed by atoms with Crippen molar-refractivity contribution in [1.82, 2.24) is 15.6 Å². The maximum absolute atomic E-state index is 13.1. The second-order valence-electron chi connectivity index (χ2n) is 7.39. The van der Waals surface area contributed by atoms with Crippen molar-refractivity contribution in [3.05, 3.63) is 65.2 Å². The minimum absolute atomic E-state index is 0.00786. The molecule has 3 aromatic rings. The molecule has 0 spiro atoms. The Balaban J connectivity index is 1.77. The molecular weight excluding hydrogens is 334 g/mol. The summed E-state index contributed by atoms with van der Waals surface area (Å²) in [5.41, 5.74) is 5.87. The number of aryl methyl sites for hydroxylation is 2. The highest BCUT2D eigenvalue weighted by atomic mass is 16.1. The van der Waals surface area contributed by atoms with Crippen LogP contribution in [-0.4, -0.2) is 30.0 Å². The fourth-order valence-electron chi connectivity index (χ4n) is 3.83. The van der Waals surface area contributed by atoms with Crippen molar-refractivity contribution in [2.24, 2.45) is 0 Å². The second kappa shape index (κ2) is 7.49. The Kier molecular flexibility index (Phi) is 4.90. The number of hydrogen-bond acceptors (Lipinski definition) is 3. The minimum atomic E-state index is -0.00786. The highest BCUT2D eigenvalue weighted by Crippen LogP contribution is 2.27. The van der Waals surface area contributed by atoms with Gasteiger partial charge in [0.25, 0.3) is 5.91 Å². The molecule has 1 aromatic heterocycles. The molecule has 0 atom stereocenters. The Morgan fingerprint density at radius 1 is 1.07 bits per heavy atom. The van der Waals surface area contributed by atoms with E-state index in [1.807, 2.05) is 30.3 Å². The summed E-state index contributed by atoms with van der Waals surface area (Å²) in [5, 5.41) is 7.46. The van der Waals surface area contributed by atoms with Crippen molar-refractivity contribution < 1.29 is 4.79 Å². The number of rotatable bonds is 3. The fraction of sp³-hybridized carbons (Fsp3) is 0.304. The molecule has 1 aliphatic heterocycles. The summed E-state index contributed by atoms with van der Waals surface area (Å²) in [7, 11) is 0. The molecule has 4 nitrogen and oxygen atoms in total. The Bertz CT molecular complexity index is 990. The molecule has 0 radical (unpaired) electrons. The van der Waals surface area contributed by atoms with Gasteiger partial charge in [-0.15, -0.1) is 0 Å². The third-order valence-electron chi connectivity index (χ3n) is 5.29. The maximum atomic E-state index is 13.1. The Hall–Kier alpha value is -2.72. The molecule has 1 aliphatic rings. The largest absolute Gasteiger partial charge is 0.349 e. The number of nitrogens with zero attached hydrogens (tertiary/aromatic N) is 1. The molecule has 2 aromatic carbocycles. The van der Waals surface area contributed by atoms with Gasteiger partial charge in [0.1, 0.15) is 0 Å². The predicted octanol–water partition coefficient (Wildman–Crippen LogP) is 4.00. The van der Waals surface area contributed by atoms with Gasteiger partial charge in [-0.3, -0.25) is 4.79 Å². The van der Waals surface area contributed by atoms with E-state index in [4.69, 9.17) is 4.98 Å². The number of carbonyl (C=O) groups excluding carboxylic acids is 1. The standard InChI is InChI=1S/C23H25N3O/c1-15-7-8-18(16(2)13-15)22-14-20(19-5-3-4-6-21(19)26-22)23(27)25-17-9-11-24-12-10-17/h3-8,13-14,17,24H,9-12H2,1-2H3,(H,25,27). The third kappa shape index (κ3) is 3.71. The van der Waals surface area contributed by atoms with Crippen molar-refractivity contribution in [2.45, 2.75) is 32.7 Å². The van der Waals surface area contributed by atoms with Gasteiger partial charge in [-0.2, -0.15) is 0 Å². The van der Waals surface area contributed by atoms with Crippen LogP contribution in [0.25, 0.3) is 22.2 Å². The first kappa shape index (κ1) is 17.7. The Labute approximate surface area is 160 Å². The van der Waals surface area contributed by atoms with Crippen LogP contribution in [0.5, 0.6) is 0 Å². The van der Waals surface area contributed by atoms with E-state index in [0.717, 1.165) is 48.1 Å². The van der Waals surface area contributed by atoms with Crippen molar-refractivity contribution in [3.8, 4) is 11.3 Å². The number of para-hydroxylation sites is 1. The summed E-state index contributed by atoms with van der Waals surface area (Å²) >= 11 is 0. The number of benzene rings is 2. The van der Waals surface area contributed by atoms with E-state index in [1.54, 1.807) is 0 Å². The lowest BCUT2D eigenvalue weighted by atomic mass is 9.99. The molecule has 1 amide bonds. The number of amides is 1. The lowest BCUT2D eigenvalue weighted by Crippen LogP contribution is -2.42. The third-order valence-corrected chi connectivity index (χ3v) is 5.29. The summed E-state index contributed by atoms with van der Waals surface area (Å²) in [4.78, 5) is 17.9. The van der Waals surface area contributed by atoms with Crippen molar-refractivity contribution in [3.63, 3.8) is 0 Å². The molecule has 0 unspecified atom stereocenters. The summed E-state index contributed by atoms with van der Waals surface area (Å²) < 4.78 is 0. The summed E-state index contributed by atoms with van der Waals surface area (Å²) in [5.74, 6) is -0.00786. The zero-order chi connectivity index (χ0) is 18.8. The van der Waals surface area contributed by atoms with Crippen LogP contribution in [0.15, 0.2) is 48.5 Å². The highest BCUT2D eigenvalue weighted by molar-refractivity contribution is 6.07. The molecule has 2 N–H and O–H groups in total. The molecular formula is C23H25N3O. The van der Waals surface area contributed by atoms with E-state index in [1.165, 1.54) is 11.1 Å². The number of pyridine rings is 1. The molecule has 1 fully saturated rings. The quantitative estimate of drug-likeness (QED) is 0.743. The first-order valence-electron chi connectivity index (χ1n) is 9.61. The van der Waals surface area contributed by atoms with Crippen LogP contribution in [0, 0.1) is 13.8 Å². The van der Waals surface area contributed by atoms with Gasteiger partial charge in [-0.25, -0.2) is 4.98 Å². The van der Waals surface area contributed by atoms with E-state index >= 15 is 0 Å². The first-order chi connectivity index (χ1) is 13.1. The van der Waals surface area contributed by atoms with Crippen LogP contribution in [0.2, 0.25) is 0 Å². The lowest BCUT2D eigenvalue weighted by Gasteiger charge is -2.24. The van der Waals surface area contributed by atoms with E-state index < -0.39 is 0 Å². The van der Waals surface area contributed by atoms with E-state index in [-0.39, 0.29) is 11.9 Å². The zero-order valence-corrected chi connectivity index (χ0v) is 15.9. The average molecular weight is 359 g/mol. The maximum Gasteiger partial charge on any atom is 0.252 e. The molecule has 4 heteroatoms. The minimum Gasteiger partial charge on any atom is -0.349 e. The van der Waals surface area contributed by atoms with E-state index in [0.29, 0.717) is 5.56 Å². The van der Waals surface area contributed by atoms with Crippen molar-refractivity contribution in [2.75, 3.05) is 13.1 Å². The number of aromatic nitrogens is 1. The summed E-state index contributed by atoms with van der Waals surface area (Å²) in [6, 6.07) is 16.4. The van der Waals surface area contributed by atoms with Crippen LogP contribution in [0.3, 0.4) is 0 Å². The second-order valence-corrected chi connectivity index (χ2v) is 7.39. The molecule has 0 saturated carbocycles. The van der Waals surface area contributed by atoms with E-state index in [2.05, 4.69) is 42.7 Å². The van der Waals surface area contributed by atoms with Crippen molar-refractivity contribution in [1.29, 1.82) is 0 Å². The lowest BCUT2D eigenvalue weighted by molar-refractivity contribution is 0.0931. The number of nitrogens with one attached hydrogen (secondary N) is 2. The summed E-state index contributed by atoms with van der Waals surface area (Å²) in [6.07, 6.45) is 1.94. The predicted molar refractivity (Wildman–Crippen MR) is 110 cm³/mol. The SMILES string of the molecule is Cc1ccc(-c2cc(C(=O)NC3CCNCC3)c3ccccc3n2)c(C)c1. The van der Waals surface area contributed by atoms with Gasteiger partial charge in [0.05, 0.1) is 16.8 Å². The van der Waals surface area contributed by atoms with Crippen LogP contribution in [-0.2, 0) is 0 Å². The number of fused-ring (bicyclic) bond motifs is 1. The highest BCUT2D eigenvalue weighted by Gasteiger charge is 2.19. The van der Waals surface area contributed by atoms with Crippen LogP contribution in [0.4, 0.5) is 0 Å². The topological polar surface area (TPSA) is 54.0 Å². The van der Waals surface area contributed by atoms with Crippen LogP contribution >= 0.6 is 0 Å². The summed E-state index contributed by atoms with van der Waals surface area (Å²) in [6.45, 7) is 6.09. The Morgan fingerprint density at radius 3 is 2.63 bits per heavy atom. The smallest absolute Gasteiger partial charge is 0.252 e. The average Bonchev–Trinajstić information content (AvgIpc) is 2.68. The van der Waals surface area contributed by atoms with Gasteiger partial charge >= 0.3 is 0 Å². The van der Waals surface area contributed by atoms with E-state index in [9.17, 15) is 4.79 Å². The monoisotopic (exact) mass is 359 g/mol. The fourth-order valence-corrected chi connectivity index (χ4v) is 3.83. The molecule has 27 heavy (non-hydrogen) atoms. The van der Waals surface area contributed by atoms with Crippen molar-refractivity contribution >= 4 is 16.8 Å². The molecule has 2 heterocycles. The molecule has 1 saturated heterocycles. The zero-order valence-electron chi connectivity index (χ0n) is 15.9. The van der Waals surface area contributed by atoms with Gasteiger partial charge < -0.3 is 10.6 Å². The van der Waals surface area contributed by atoms with Gasteiger partial charge in [-0.1, -0.05) is 42.0 Å². The molecule has 0 aliphatic carbocycles. The van der Waals surface area contributed by atoms with Gasteiger partial charge in [0, 0.05) is 17.0 Å². The number of hydrogen-bond donors (Lipinski definition) is 2. The normalized spacial score (nSPS) is 15.0. The molecule has 0 bridgehead atoms. The van der Waals surface area contributed by atoms with Gasteiger partial charge in [0.2, 0.25) is 0 Å². The van der Waals surface area contributed by atoms with Crippen LogP contribution in [0.1, 0.15) is 34.3 Å². The van der Waals surface area contributed by atoms with Crippen LogP contribution < -0.4 is 10.6 Å². The van der Waals surface area contributed by atoms with Gasteiger partial charge in [-0.05, 0) is 57.5 Å². The number of piperidine rings is 1. The molecule has 4 rings (SSSR count).